The molecular formula is C24H23NO4S. The van der Waals surface area contributed by atoms with Gasteiger partial charge in [-0.25, -0.2) is 0 Å². The van der Waals surface area contributed by atoms with E-state index < -0.39 is 0 Å². The van der Waals surface area contributed by atoms with Crippen molar-refractivity contribution in [2.75, 3.05) is 13.1 Å². The number of amides is 1. The minimum Gasteiger partial charge on any atom is -0.457 e. The van der Waals surface area contributed by atoms with E-state index in [9.17, 15) is 9.59 Å². The molecular weight excluding hydrogens is 398 g/mol. The topological polar surface area (TPSA) is 55.8 Å². The number of thiophene rings is 1. The van der Waals surface area contributed by atoms with Crippen LogP contribution in [0.2, 0.25) is 0 Å². The summed E-state index contributed by atoms with van der Waals surface area (Å²) in [4.78, 5) is 26.3. The Morgan fingerprint density at radius 3 is 2.17 bits per heavy atom. The summed E-state index contributed by atoms with van der Waals surface area (Å²) in [6.45, 7) is 4.64. The summed E-state index contributed by atoms with van der Waals surface area (Å²) in [6.07, 6.45) is -0.113. The first kappa shape index (κ1) is 20.3. The number of ether oxygens (including phenoxy) is 2. The van der Waals surface area contributed by atoms with Crippen LogP contribution in [0.5, 0.6) is 11.5 Å². The minimum atomic E-state index is -0.0930. The van der Waals surface area contributed by atoms with E-state index in [2.05, 4.69) is 5.38 Å². The van der Waals surface area contributed by atoms with Crippen LogP contribution in [0.1, 0.15) is 46.2 Å². The Bertz CT molecular complexity index is 1010. The third-order valence-electron chi connectivity index (χ3n) is 5.06. The molecule has 0 aliphatic carbocycles. The highest BCUT2D eigenvalue weighted by atomic mass is 32.1. The fourth-order valence-corrected chi connectivity index (χ4v) is 4.20. The molecule has 1 aliphatic rings. The van der Waals surface area contributed by atoms with Crippen LogP contribution in [0.15, 0.2) is 65.4 Å². The van der Waals surface area contributed by atoms with Gasteiger partial charge >= 0.3 is 0 Å². The van der Waals surface area contributed by atoms with Crippen molar-refractivity contribution in [3.8, 4) is 11.5 Å². The van der Waals surface area contributed by atoms with Gasteiger partial charge in [0.25, 0.3) is 5.91 Å². The summed E-state index contributed by atoms with van der Waals surface area (Å²) < 4.78 is 11.8. The van der Waals surface area contributed by atoms with Crippen molar-refractivity contribution in [3.05, 3.63) is 82.0 Å². The van der Waals surface area contributed by atoms with Crippen molar-refractivity contribution in [2.45, 2.75) is 26.1 Å². The molecule has 1 saturated heterocycles. The molecule has 1 fully saturated rings. The number of carbonyl (C=O) groups is 2. The third kappa shape index (κ3) is 4.61. The van der Waals surface area contributed by atoms with Gasteiger partial charge in [-0.1, -0.05) is 0 Å². The summed E-state index contributed by atoms with van der Waals surface area (Å²) in [7, 11) is 0. The molecule has 1 aliphatic heterocycles. The van der Waals surface area contributed by atoms with Crippen LogP contribution >= 0.6 is 11.3 Å². The van der Waals surface area contributed by atoms with Gasteiger partial charge in [0.1, 0.15) is 17.6 Å². The van der Waals surface area contributed by atoms with Crippen molar-refractivity contribution >= 4 is 23.0 Å². The van der Waals surface area contributed by atoms with E-state index in [1.807, 2.05) is 23.3 Å². The second-order valence-corrected chi connectivity index (χ2v) is 8.19. The number of hydrogen-bond donors (Lipinski definition) is 0. The lowest BCUT2D eigenvalue weighted by Gasteiger charge is -2.36. The second-order valence-electron chi connectivity index (χ2n) is 7.41. The van der Waals surface area contributed by atoms with Crippen molar-refractivity contribution < 1.29 is 19.1 Å². The molecule has 1 amide bonds. The molecule has 2 aromatic carbocycles. The van der Waals surface area contributed by atoms with Crippen molar-refractivity contribution in [1.82, 2.24) is 4.90 Å². The molecule has 6 heteroatoms. The molecule has 0 N–H and O–H groups in total. The van der Waals surface area contributed by atoms with Crippen LogP contribution < -0.4 is 4.74 Å². The monoisotopic (exact) mass is 421 g/mol. The average Bonchev–Trinajstić information content (AvgIpc) is 3.29. The lowest BCUT2D eigenvalue weighted by Crippen LogP contribution is -2.45. The second kappa shape index (κ2) is 8.81. The highest BCUT2D eigenvalue weighted by Crippen LogP contribution is 2.28. The molecule has 0 saturated carbocycles. The Morgan fingerprint density at radius 2 is 1.60 bits per heavy atom. The number of hydrogen-bond acceptors (Lipinski definition) is 5. The van der Waals surface area contributed by atoms with Crippen LogP contribution in [-0.2, 0) is 4.74 Å². The van der Waals surface area contributed by atoms with Crippen molar-refractivity contribution in [2.24, 2.45) is 0 Å². The molecule has 2 atom stereocenters. The third-order valence-corrected chi connectivity index (χ3v) is 5.76. The average molecular weight is 422 g/mol. The van der Waals surface area contributed by atoms with Gasteiger partial charge in [-0.05, 0) is 84.8 Å². The highest BCUT2D eigenvalue weighted by Gasteiger charge is 2.30. The number of morpholine rings is 1. The van der Waals surface area contributed by atoms with Gasteiger partial charge in [0.05, 0.1) is 12.6 Å². The summed E-state index contributed by atoms with van der Waals surface area (Å²) in [5, 5.41) is 4.09. The lowest BCUT2D eigenvalue weighted by atomic mass is 10.1. The zero-order chi connectivity index (χ0) is 21.1. The zero-order valence-corrected chi connectivity index (χ0v) is 17.7. The Hall–Kier alpha value is -2.96. The summed E-state index contributed by atoms with van der Waals surface area (Å²) >= 11 is 1.63. The fraction of sp³-hybridized carbons (Fsp3) is 0.250. The van der Waals surface area contributed by atoms with E-state index in [1.165, 1.54) is 6.92 Å². The quantitative estimate of drug-likeness (QED) is 0.522. The Balaban J connectivity index is 1.42. The summed E-state index contributed by atoms with van der Waals surface area (Å²) in [5.41, 5.74) is 2.38. The minimum absolute atomic E-state index is 0.0114. The SMILES string of the molecule is CC(=O)c1ccc(Oc2ccc(C(=O)N3CC(C)OC(c4ccsc4)C3)cc2)cc1. The van der Waals surface area contributed by atoms with E-state index >= 15 is 0 Å². The number of benzene rings is 2. The van der Waals surface area contributed by atoms with Gasteiger partial charge < -0.3 is 14.4 Å². The smallest absolute Gasteiger partial charge is 0.254 e. The Kier molecular flexibility index (Phi) is 5.97. The molecule has 154 valence electrons. The molecule has 5 nitrogen and oxygen atoms in total. The molecule has 0 spiro atoms. The molecule has 3 aromatic rings. The normalized spacial score (nSPS) is 18.8. The zero-order valence-electron chi connectivity index (χ0n) is 16.9. The van der Waals surface area contributed by atoms with Gasteiger partial charge in [0, 0.05) is 17.7 Å². The van der Waals surface area contributed by atoms with Crippen LogP contribution in [-0.4, -0.2) is 35.8 Å². The molecule has 2 unspecified atom stereocenters. The largest absolute Gasteiger partial charge is 0.457 e. The van der Waals surface area contributed by atoms with Gasteiger partial charge in [-0.15, -0.1) is 0 Å². The summed E-state index contributed by atoms with van der Waals surface area (Å²) in [5.74, 6) is 1.28. The van der Waals surface area contributed by atoms with Crippen LogP contribution in [0.25, 0.3) is 0 Å². The maximum Gasteiger partial charge on any atom is 0.254 e. The maximum absolute atomic E-state index is 13.0. The first-order chi connectivity index (χ1) is 14.5. The van der Waals surface area contributed by atoms with Crippen molar-refractivity contribution in [3.63, 3.8) is 0 Å². The Morgan fingerprint density at radius 1 is 0.967 bits per heavy atom. The van der Waals surface area contributed by atoms with E-state index in [0.29, 0.717) is 35.7 Å². The number of nitrogens with zero attached hydrogens (tertiary/aromatic N) is 1. The molecule has 0 radical (unpaired) electrons. The molecule has 1 aromatic heterocycles. The van der Waals surface area contributed by atoms with Gasteiger partial charge in [0.2, 0.25) is 0 Å². The van der Waals surface area contributed by atoms with Gasteiger partial charge in [0.15, 0.2) is 5.78 Å². The maximum atomic E-state index is 13.0. The fourth-order valence-electron chi connectivity index (χ4n) is 3.50. The number of ketones is 1. The van der Waals surface area contributed by atoms with E-state index in [1.54, 1.807) is 59.9 Å². The predicted octanol–water partition coefficient (Wildman–Crippen LogP) is 5.35. The molecule has 2 heterocycles. The van der Waals surface area contributed by atoms with Gasteiger partial charge in [-0.2, -0.15) is 11.3 Å². The van der Waals surface area contributed by atoms with E-state index in [0.717, 1.165) is 5.56 Å². The predicted molar refractivity (Wildman–Crippen MR) is 116 cm³/mol. The van der Waals surface area contributed by atoms with E-state index in [4.69, 9.17) is 9.47 Å². The summed E-state index contributed by atoms with van der Waals surface area (Å²) in [6, 6.07) is 16.2. The number of carbonyl (C=O) groups excluding carboxylic acids is 2. The van der Waals surface area contributed by atoms with Crippen LogP contribution in [0.3, 0.4) is 0 Å². The molecule has 30 heavy (non-hydrogen) atoms. The van der Waals surface area contributed by atoms with Gasteiger partial charge in [-0.3, -0.25) is 9.59 Å². The first-order valence-corrected chi connectivity index (χ1v) is 10.8. The van der Waals surface area contributed by atoms with Crippen LogP contribution in [0, 0.1) is 0 Å². The lowest BCUT2D eigenvalue weighted by molar-refractivity contribution is -0.0690. The first-order valence-electron chi connectivity index (χ1n) is 9.85. The number of Topliss-reactive ketones (excluding diaryl/α,β-unsaturated/α-hetero) is 1. The van der Waals surface area contributed by atoms with Crippen molar-refractivity contribution in [1.29, 1.82) is 0 Å². The van der Waals surface area contributed by atoms with Crippen LogP contribution in [0.4, 0.5) is 0 Å². The number of rotatable bonds is 5. The Labute approximate surface area is 179 Å². The molecule has 0 bridgehead atoms. The highest BCUT2D eigenvalue weighted by molar-refractivity contribution is 7.07. The molecule has 4 rings (SSSR count). The standard InChI is InChI=1S/C24H23NO4S/c1-16-13-25(14-23(28-16)20-11-12-30-15-20)24(27)19-5-9-22(10-6-19)29-21-7-3-18(4-8-21)17(2)26/h3-12,15-16,23H,13-14H2,1-2H3. The van der Waals surface area contributed by atoms with E-state index in [-0.39, 0.29) is 23.9 Å².